The van der Waals surface area contributed by atoms with Gasteiger partial charge in [0, 0.05) is 25.2 Å². The fraction of sp³-hybridized carbons (Fsp3) is 0.342. The van der Waals surface area contributed by atoms with E-state index in [-0.39, 0.29) is 18.0 Å². The molecule has 6 rings (SSSR count). The van der Waals surface area contributed by atoms with E-state index in [0.29, 0.717) is 42.7 Å². The van der Waals surface area contributed by atoms with E-state index in [0.717, 1.165) is 60.2 Å². The van der Waals surface area contributed by atoms with Crippen molar-refractivity contribution in [1.82, 2.24) is 14.9 Å². The molecule has 51 heavy (non-hydrogen) atoms. The maximum absolute atomic E-state index is 12.9. The number of likely N-dealkylation sites (tertiary alicyclic amines) is 1. The van der Waals surface area contributed by atoms with Crippen molar-refractivity contribution in [3.8, 4) is 28.6 Å². The normalized spacial score (nSPS) is 14.5. The number of halogens is 3. The van der Waals surface area contributed by atoms with Crippen LogP contribution in [0.5, 0.6) is 17.2 Å². The first kappa shape index (κ1) is 36.4. The fourth-order valence-corrected chi connectivity index (χ4v) is 7.75. The molecule has 1 saturated heterocycles. The first-order valence-electron chi connectivity index (χ1n) is 17.0. The number of benzene rings is 4. The number of hydrogen-bond acceptors (Lipinski definition) is 8. The third-order valence-corrected chi connectivity index (χ3v) is 10.5. The minimum Gasteiger partial charge on any atom is -0.486 e. The predicted molar refractivity (Wildman–Crippen MR) is 189 cm³/mol. The fourth-order valence-electron chi connectivity index (χ4n) is 6.04. The lowest BCUT2D eigenvalue weighted by Gasteiger charge is -2.32. The first-order valence-corrected chi connectivity index (χ1v) is 18.7. The van der Waals surface area contributed by atoms with Crippen LogP contribution in [-0.4, -0.2) is 53.6 Å². The second kappa shape index (κ2) is 16.3. The number of rotatable bonds is 15. The topological polar surface area (TPSA) is 95.1 Å². The number of piperidine rings is 1. The van der Waals surface area contributed by atoms with E-state index in [2.05, 4.69) is 31.7 Å². The van der Waals surface area contributed by atoms with Crippen LogP contribution >= 0.6 is 7.60 Å². The van der Waals surface area contributed by atoms with Crippen molar-refractivity contribution in [3.05, 3.63) is 108 Å². The quantitative estimate of drug-likeness (QED) is 0.107. The molecule has 0 bridgehead atoms. The highest BCUT2D eigenvalue weighted by molar-refractivity contribution is 7.53. The maximum Gasteiger partial charge on any atom is 0.573 e. The molecule has 13 heteroatoms. The van der Waals surface area contributed by atoms with Crippen LogP contribution in [0.3, 0.4) is 0 Å². The molecule has 0 amide bonds. The third-order valence-electron chi connectivity index (χ3n) is 8.44. The van der Waals surface area contributed by atoms with Crippen molar-refractivity contribution in [2.24, 2.45) is 0 Å². The number of para-hydroxylation sites is 2. The van der Waals surface area contributed by atoms with E-state index >= 15 is 0 Å². The van der Waals surface area contributed by atoms with Crippen molar-refractivity contribution in [2.75, 3.05) is 26.3 Å². The Labute approximate surface area is 295 Å². The molecule has 0 unspecified atom stereocenters. The van der Waals surface area contributed by atoms with Crippen molar-refractivity contribution in [2.45, 2.75) is 58.5 Å². The molecule has 0 atom stereocenters. The average Bonchev–Trinajstić information content (AvgIpc) is 3.53. The summed E-state index contributed by atoms with van der Waals surface area (Å²) in [4.78, 5) is 10.3. The second-order valence-corrected chi connectivity index (χ2v) is 14.3. The van der Waals surface area contributed by atoms with E-state index in [1.54, 1.807) is 26.0 Å². The zero-order chi connectivity index (χ0) is 35.8. The number of imidazole rings is 1. The molecule has 5 aromatic rings. The van der Waals surface area contributed by atoms with E-state index < -0.39 is 14.0 Å². The van der Waals surface area contributed by atoms with Crippen LogP contribution < -0.4 is 14.2 Å². The SMILES string of the molecule is CCOP(=O)(Cc1ccc(COc2ccccc2OC2CCN(Cc3ccc4nc(-c5ccc(OC(F)(F)F)cc5)[nH]c4c3)CC2)cc1)OCC. The summed E-state index contributed by atoms with van der Waals surface area (Å²) in [5.41, 5.74) is 5.29. The minimum atomic E-state index is -4.73. The van der Waals surface area contributed by atoms with Crippen LogP contribution in [0, 0.1) is 0 Å². The van der Waals surface area contributed by atoms with E-state index in [4.69, 9.17) is 18.5 Å². The van der Waals surface area contributed by atoms with Gasteiger partial charge in [-0.25, -0.2) is 4.98 Å². The van der Waals surface area contributed by atoms with E-state index in [9.17, 15) is 17.7 Å². The van der Waals surface area contributed by atoms with Gasteiger partial charge in [0.1, 0.15) is 24.3 Å². The summed E-state index contributed by atoms with van der Waals surface area (Å²) in [7, 11) is -3.17. The van der Waals surface area contributed by atoms with Crippen LogP contribution in [-0.2, 0) is 32.9 Å². The lowest BCUT2D eigenvalue weighted by atomic mass is 10.1. The van der Waals surface area contributed by atoms with E-state index in [1.807, 2.05) is 54.6 Å². The smallest absolute Gasteiger partial charge is 0.486 e. The summed E-state index contributed by atoms with van der Waals surface area (Å²) in [5, 5.41) is 0. The van der Waals surface area contributed by atoms with Gasteiger partial charge in [0.15, 0.2) is 11.5 Å². The third kappa shape index (κ3) is 10.1. The highest BCUT2D eigenvalue weighted by atomic mass is 31.2. The zero-order valence-electron chi connectivity index (χ0n) is 28.5. The van der Waals surface area contributed by atoms with Crippen molar-refractivity contribution in [1.29, 1.82) is 0 Å². The largest absolute Gasteiger partial charge is 0.573 e. The van der Waals surface area contributed by atoms with Gasteiger partial charge in [0.25, 0.3) is 0 Å². The molecule has 270 valence electrons. The van der Waals surface area contributed by atoms with Crippen LogP contribution in [0.15, 0.2) is 91.0 Å². The zero-order valence-corrected chi connectivity index (χ0v) is 29.4. The van der Waals surface area contributed by atoms with Crippen molar-refractivity contribution < 1.29 is 41.0 Å². The Morgan fingerprint density at radius 2 is 1.49 bits per heavy atom. The van der Waals surface area contributed by atoms with E-state index in [1.165, 1.54) is 12.1 Å². The molecule has 0 saturated carbocycles. The van der Waals surface area contributed by atoms with Gasteiger partial charge in [-0.15, -0.1) is 13.2 Å². The van der Waals surface area contributed by atoms with Gasteiger partial charge in [-0.2, -0.15) is 0 Å². The Kier molecular flexibility index (Phi) is 11.7. The standard InChI is InChI=1S/C38H41F3N3O6P/c1-3-47-51(45,48-4-2)26-28-11-9-27(10-12-28)25-46-35-7-5-6-8-36(35)49-31-19-21-44(22-20-31)24-29-13-18-33-34(23-29)43-37(42-33)30-14-16-32(17-15-30)50-38(39,40)41/h5-18,23,31H,3-4,19-22,24-26H2,1-2H3,(H,42,43). The van der Waals surface area contributed by atoms with Gasteiger partial charge < -0.3 is 28.2 Å². The molecule has 2 heterocycles. The summed E-state index contributed by atoms with van der Waals surface area (Å²) in [6, 6.07) is 27.2. The number of H-pyrrole nitrogens is 1. The Morgan fingerprint density at radius 1 is 0.843 bits per heavy atom. The van der Waals surface area contributed by atoms with Crippen LogP contribution in [0.4, 0.5) is 13.2 Å². The molecule has 1 aliphatic rings. The molecule has 1 fully saturated rings. The lowest BCUT2D eigenvalue weighted by molar-refractivity contribution is -0.274. The molecule has 1 aliphatic heterocycles. The Balaban J connectivity index is 0.991. The van der Waals surface area contributed by atoms with Crippen LogP contribution in [0.2, 0.25) is 0 Å². The second-order valence-electron chi connectivity index (χ2n) is 12.3. The molecule has 9 nitrogen and oxygen atoms in total. The van der Waals surface area contributed by atoms with Crippen LogP contribution in [0.1, 0.15) is 43.4 Å². The summed E-state index contributed by atoms with van der Waals surface area (Å²) in [5.74, 6) is 1.69. The molecule has 4 aromatic carbocycles. The van der Waals surface area contributed by atoms with Crippen LogP contribution in [0.25, 0.3) is 22.4 Å². The first-order chi connectivity index (χ1) is 24.6. The molecule has 0 radical (unpaired) electrons. The summed E-state index contributed by atoms with van der Waals surface area (Å²) < 4.78 is 77.8. The minimum absolute atomic E-state index is 0.0576. The Hall–Kier alpha value is -4.35. The predicted octanol–water partition coefficient (Wildman–Crippen LogP) is 9.52. The molecule has 1 N–H and O–H groups in total. The molecular weight excluding hydrogens is 682 g/mol. The molecule has 0 aliphatic carbocycles. The van der Waals surface area contributed by atoms with Gasteiger partial charge in [0.05, 0.1) is 30.4 Å². The Morgan fingerprint density at radius 3 is 2.16 bits per heavy atom. The van der Waals surface area contributed by atoms with Gasteiger partial charge in [-0.3, -0.25) is 9.46 Å². The number of alkyl halides is 3. The van der Waals surface area contributed by atoms with Crippen molar-refractivity contribution in [3.63, 3.8) is 0 Å². The van der Waals surface area contributed by atoms with Gasteiger partial charge in [-0.1, -0.05) is 42.5 Å². The average molecular weight is 724 g/mol. The number of fused-ring (bicyclic) bond motifs is 1. The lowest BCUT2D eigenvalue weighted by Crippen LogP contribution is -2.37. The summed E-state index contributed by atoms with van der Waals surface area (Å²) in [6.45, 7) is 7.14. The van der Waals surface area contributed by atoms with Crippen molar-refractivity contribution >= 4 is 18.6 Å². The highest BCUT2D eigenvalue weighted by Crippen LogP contribution is 2.51. The van der Waals surface area contributed by atoms with Gasteiger partial charge >= 0.3 is 14.0 Å². The van der Waals surface area contributed by atoms with Gasteiger partial charge in [0.2, 0.25) is 0 Å². The maximum atomic E-state index is 12.9. The molecule has 1 aromatic heterocycles. The highest BCUT2D eigenvalue weighted by Gasteiger charge is 2.31. The number of hydrogen-bond donors (Lipinski definition) is 1. The molecule has 0 spiro atoms. The summed E-state index contributed by atoms with van der Waals surface area (Å²) >= 11 is 0. The number of aromatic amines is 1. The number of nitrogens with zero attached hydrogens (tertiary/aromatic N) is 2. The number of ether oxygens (including phenoxy) is 3. The van der Waals surface area contributed by atoms with Gasteiger partial charge in [-0.05, 0) is 91.9 Å². The monoisotopic (exact) mass is 723 g/mol. The number of nitrogens with one attached hydrogen (secondary N) is 1. The number of aromatic nitrogens is 2. The summed E-state index contributed by atoms with van der Waals surface area (Å²) in [6.07, 6.45) is -2.72. The molecular formula is C38H41F3N3O6P. The Bertz CT molecular complexity index is 1920.